The average molecular weight is 536 g/mol. The predicted molar refractivity (Wildman–Crippen MR) is 148 cm³/mol. The van der Waals surface area contributed by atoms with Crippen LogP contribution in [0.5, 0.6) is 11.5 Å². The summed E-state index contributed by atoms with van der Waals surface area (Å²) in [4.78, 5) is 32.7. The third kappa shape index (κ3) is 5.49. The summed E-state index contributed by atoms with van der Waals surface area (Å²) in [5.74, 6) is -0.193. The lowest BCUT2D eigenvalue weighted by molar-refractivity contribution is -0.140. The summed E-state index contributed by atoms with van der Waals surface area (Å²) in [5, 5.41) is 11.6. The van der Waals surface area contributed by atoms with E-state index in [-0.39, 0.29) is 30.2 Å². The molecule has 0 aliphatic carbocycles. The van der Waals surface area contributed by atoms with Crippen molar-refractivity contribution in [3.05, 3.63) is 64.6 Å². The van der Waals surface area contributed by atoms with Crippen molar-refractivity contribution in [1.29, 1.82) is 0 Å². The molecular formula is C30H37N3O6. The molecule has 3 heterocycles. The SMILES string of the molecule is CCOc1cc(C2C(=C(O)c3nc4c(C)cccn4c3C)C(=O)C(=O)N2CCOC)ccc1OCCC(C)C. The Balaban J connectivity index is 1.85. The molecule has 1 fully saturated rings. The van der Waals surface area contributed by atoms with Gasteiger partial charge < -0.3 is 28.6 Å². The summed E-state index contributed by atoms with van der Waals surface area (Å²) in [5.41, 5.74) is 3.12. The molecule has 1 unspecified atom stereocenters. The van der Waals surface area contributed by atoms with Gasteiger partial charge in [0.2, 0.25) is 0 Å². The summed E-state index contributed by atoms with van der Waals surface area (Å²) >= 11 is 0. The van der Waals surface area contributed by atoms with Gasteiger partial charge in [-0.2, -0.15) is 0 Å². The second-order valence-electron chi connectivity index (χ2n) is 10.1. The Labute approximate surface area is 229 Å². The van der Waals surface area contributed by atoms with Crippen molar-refractivity contribution in [2.75, 3.05) is 33.5 Å². The first-order chi connectivity index (χ1) is 18.7. The predicted octanol–water partition coefficient (Wildman–Crippen LogP) is 4.84. The number of benzene rings is 1. The number of carbonyl (C=O) groups excluding carboxylic acids is 2. The van der Waals surface area contributed by atoms with Crippen LogP contribution in [-0.2, 0) is 14.3 Å². The highest BCUT2D eigenvalue weighted by molar-refractivity contribution is 6.46. The number of ketones is 1. The van der Waals surface area contributed by atoms with Crippen molar-refractivity contribution in [1.82, 2.24) is 14.3 Å². The van der Waals surface area contributed by atoms with E-state index in [4.69, 9.17) is 14.2 Å². The average Bonchev–Trinajstić information content (AvgIpc) is 3.37. The van der Waals surface area contributed by atoms with Gasteiger partial charge in [-0.05, 0) is 62.4 Å². The molecule has 208 valence electrons. The zero-order valence-electron chi connectivity index (χ0n) is 23.5. The Morgan fingerprint density at radius 2 is 1.87 bits per heavy atom. The topological polar surface area (TPSA) is 103 Å². The van der Waals surface area contributed by atoms with Gasteiger partial charge >= 0.3 is 0 Å². The van der Waals surface area contributed by atoms with Gasteiger partial charge in [0, 0.05) is 19.9 Å². The van der Waals surface area contributed by atoms with E-state index in [9.17, 15) is 14.7 Å². The van der Waals surface area contributed by atoms with Gasteiger partial charge in [-0.25, -0.2) is 4.98 Å². The molecule has 39 heavy (non-hydrogen) atoms. The van der Waals surface area contributed by atoms with Crippen LogP contribution in [0.1, 0.15) is 55.7 Å². The number of hydrogen-bond donors (Lipinski definition) is 1. The van der Waals surface area contributed by atoms with Crippen molar-refractivity contribution in [2.45, 2.75) is 47.1 Å². The van der Waals surface area contributed by atoms with Crippen LogP contribution in [0, 0.1) is 19.8 Å². The monoisotopic (exact) mass is 535 g/mol. The standard InChI is InChI=1S/C30H37N3O6/c1-7-38-23-17-21(10-11-22(23)39-15-12-18(2)3)26-24(28(35)30(36)33(26)14-16-37-6)27(34)25-20(5)32-13-8-9-19(4)29(32)31-25/h8-11,13,17-18,26,34H,7,12,14-16H2,1-6H3. The highest BCUT2D eigenvalue weighted by Crippen LogP contribution is 2.42. The fourth-order valence-corrected chi connectivity index (χ4v) is 4.81. The van der Waals surface area contributed by atoms with Crippen LogP contribution in [0.25, 0.3) is 11.4 Å². The van der Waals surface area contributed by atoms with E-state index >= 15 is 0 Å². The van der Waals surface area contributed by atoms with Crippen molar-refractivity contribution in [3.8, 4) is 11.5 Å². The van der Waals surface area contributed by atoms with Gasteiger partial charge in [0.25, 0.3) is 11.7 Å². The number of amides is 1. The lowest BCUT2D eigenvalue weighted by atomic mass is 9.96. The summed E-state index contributed by atoms with van der Waals surface area (Å²) in [6.45, 7) is 11.2. The van der Waals surface area contributed by atoms with E-state index < -0.39 is 17.7 Å². The van der Waals surface area contributed by atoms with E-state index in [0.29, 0.717) is 47.5 Å². The first-order valence-corrected chi connectivity index (χ1v) is 13.3. The highest BCUT2D eigenvalue weighted by atomic mass is 16.5. The number of Topliss-reactive ketones (excluding diaryl/α,β-unsaturated/α-hetero) is 1. The Hall–Kier alpha value is -3.85. The number of aromatic nitrogens is 2. The number of aryl methyl sites for hydroxylation is 2. The fourth-order valence-electron chi connectivity index (χ4n) is 4.81. The molecule has 0 radical (unpaired) electrons. The molecule has 9 heteroatoms. The van der Waals surface area contributed by atoms with Crippen LogP contribution in [0.4, 0.5) is 0 Å². The molecule has 1 amide bonds. The number of pyridine rings is 1. The van der Waals surface area contributed by atoms with Gasteiger partial charge in [-0.15, -0.1) is 0 Å². The lowest BCUT2D eigenvalue weighted by Gasteiger charge is -2.25. The minimum Gasteiger partial charge on any atom is -0.505 e. The molecule has 2 aromatic heterocycles. The van der Waals surface area contributed by atoms with Crippen LogP contribution >= 0.6 is 0 Å². The second kappa shape index (κ2) is 11.9. The van der Waals surface area contributed by atoms with Gasteiger partial charge in [0.05, 0.1) is 37.1 Å². The summed E-state index contributed by atoms with van der Waals surface area (Å²) < 4.78 is 19.0. The van der Waals surface area contributed by atoms with Gasteiger partial charge in [0.1, 0.15) is 11.3 Å². The molecule has 0 saturated carbocycles. The number of hydrogen-bond acceptors (Lipinski definition) is 7. The first-order valence-electron chi connectivity index (χ1n) is 13.3. The van der Waals surface area contributed by atoms with E-state index in [0.717, 1.165) is 12.0 Å². The number of imidazole rings is 1. The quantitative estimate of drug-likeness (QED) is 0.213. The minimum atomic E-state index is -0.852. The van der Waals surface area contributed by atoms with Gasteiger partial charge in [-0.1, -0.05) is 26.0 Å². The molecule has 1 saturated heterocycles. The number of fused-ring (bicyclic) bond motifs is 1. The Bertz CT molecular complexity index is 1410. The van der Waals surface area contributed by atoms with E-state index in [1.54, 1.807) is 18.2 Å². The maximum atomic E-state index is 13.4. The number of nitrogens with zero attached hydrogens (tertiary/aromatic N) is 3. The Morgan fingerprint density at radius 3 is 2.54 bits per heavy atom. The minimum absolute atomic E-state index is 0.0174. The number of aliphatic hydroxyl groups excluding tert-OH is 1. The molecule has 0 bridgehead atoms. The molecule has 4 rings (SSSR count). The van der Waals surface area contributed by atoms with E-state index in [2.05, 4.69) is 18.8 Å². The molecule has 1 aromatic carbocycles. The normalized spacial score (nSPS) is 17.0. The lowest BCUT2D eigenvalue weighted by Crippen LogP contribution is -2.32. The zero-order valence-corrected chi connectivity index (χ0v) is 23.5. The van der Waals surface area contributed by atoms with Crippen LogP contribution in [0.15, 0.2) is 42.1 Å². The van der Waals surface area contributed by atoms with Crippen LogP contribution in [-0.4, -0.2) is 64.6 Å². The summed E-state index contributed by atoms with van der Waals surface area (Å²) in [6.07, 6.45) is 2.74. The third-order valence-corrected chi connectivity index (χ3v) is 6.92. The van der Waals surface area contributed by atoms with Crippen molar-refractivity contribution in [2.24, 2.45) is 5.92 Å². The summed E-state index contributed by atoms with van der Waals surface area (Å²) in [6, 6.07) is 8.33. The molecular weight excluding hydrogens is 498 g/mol. The molecule has 1 N–H and O–H groups in total. The summed E-state index contributed by atoms with van der Waals surface area (Å²) in [7, 11) is 1.53. The van der Waals surface area contributed by atoms with E-state index in [1.165, 1.54) is 12.0 Å². The highest BCUT2D eigenvalue weighted by Gasteiger charge is 2.46. The van der Waals surface area contributed by atoms with Crippen LogP contribution in [0.2, 0.25) is 0 Å². The smallest absolute Gasteiger partial charge is 0.295 e. The van der Waals surface area contributed by atoms with Crippen LogP contribution < -0.4 is 9.47 Å². The maximum absolute atomic E-state index is 13.4. The first kappa shape index (κ1) is 28.2. The molecule has 1 aliphatic rings. The van der Waals surface area contributed by atoms with Crippen molar-refractivity contribution >= 4 is 23.1 Å². The molecule has 3 aromatic rings. The van der Waals surface area contributed by atoms with Gasteiger partial charge in [-0.3, -0.25) is 9.59 Å². The molecule has 1 atom stereocenters. The van der Waals surface area contributed by atoms with E-state index in [1.807, 2.05) is 43.5 Å². The molecule has 1 aliphatic heterocycles. The molecule has 9 nitrogen and oxygen atoms in total. The Kier molecular flexibility index (Phi) is 8.60. The van der Waals surface area contributed by atoms with Crippen molar-refractivity contribution in [3.63, 3.8) is 0 Å². The van der Waals surface area contributed by atoms with Gasteiger partial charge in [0.15, 0.2) is 17.3 Å². The fraction of sp³-hybridized carbons (Fsp3) is 0.433. The number of likely N-dealkylation sites (tertiary alicyclic amines) is 1. The maximum Gasteiger partial charge on any atom is 0.295 e. The number of ether oxygens (including phenoxy) is 3. The number of methoxy groups -OCH3 is 1. The Morgan fingerprint density at radius 1 is 1.10 bits per heavy atom. The largest absolute Gasteiger partial charge is 0.505 e. The zero-order chi connectivity index (χ0) is 28.3. The third-order valence-electron chi connectivity index (χ3n) is 6.92. The number of rotatable bonds is 11. The van der Waals surface area contributed by atoms with Crippen LogP contribution in [0.3, 0.4) is 0 Å². The number of aliphatic hydroxyl groups is 1. The number of carbonyl (C=O) groups is 2. The second-order valence-corrected chi connectivity index (χ2v) is 10.1. The molecule has 0 spiro atoms. The van der Waals surface area contributed by atoms with Crippen molar-refractivity contribution < 1.29 is 28.9 Å².